The zero-order valence-electron chi connectivity index (χ0n) is 11.0. The van der Waals surface area contributed by atoms with Crippen molar-refractivity contribution in [3.63, 3.8) is 0 Å². The van der Waals surface area contributed by atoms with Crippen molar-refractivity contribution in [2.45, 2.75) is 0 Å². The van der Waals surface area contributed by atoms with Crippen LogP contribution in [0.2, 0.25) is 10.0 Å². The van der Waals surface area contributed by atoms with Gasteiger partial charge in [0.15, 0.2) is 0 Å². The Hall–Kier alpha value is -2.04. The first kappa shape index (κ1) is 15.4. The van der Waals surface area contributed by atoms with Gasteiger partial charge in [0, 0.05) is 21.3 Å². The summed E-state index contributed by atoms with van der Waals surface area (Å²) in [5.74, 6) is -0.256. The van der Waals surface area contributed by atoms with E-state index in [1.54, 1.807) is 30.3 Å². The second kappa shape index (κ2) is 7.67. The van der Waals surface area contributed by atoms with Gasteiger partial charge in [-0.1, -0.05) is 41.4 Å². The maximum Gasteiger partial charge on any atom is 0.259 e. The molecule has 4 nitrogen and oxygen atoms in total. The summed E-state index contributed by atoms with van der Waals surface area (Å²) >= 11 is 11.7. The van der Waals surface area contributed by atoms with E-state index in [0.717, 1.165) is 11.3 Å². The Balaban J connectivity index is 1.80. The van der Waals surface area contributed by atoms with Crippen LogP contribution in [0.5, 0.6) is 0 Å². The number of hydrogen-bond acceptors (Lipinski definition) is 3. The molecule has 108 valence electrons. The third-order valence-electron chi connectivity index (χ3n) is 2.60. The molecule has 0 fully saturated rings. The molecule has 0 aliphatic carbocycles. The first-order valence-electron chi connectivity index (χ1n) is 6.21. The molecule has 0 heterocycles. The van der Waals surface area contributed by atoms with E-state index in [1.807, 2.05) is 18.2 Å². The minimum atomic E-state index is -0.256. The Morgan fingerprint density at radius 1 is 1.10 bits per heavy atom. The van der Waals surface area contributed by atoms with Crippen molar-refractivity contribution in [2.24, 2.45) is 5.10 Å². The minimum absolute atomic E-state index is 0.113. The van der Waals surface area contributed by atoms with Crippen molar-refractivity contribution in [3.05, 3.63) is 64.1 Å². The predicted molar refractivity (Wildman–Crippen MR) is 87.1 cm³/mol. The van der Waals surface area contributed by atoms with E-state index < -0.39 is 0 Å². The summed E-state index contributed by atoms with van der Waals surface area (Å²) in [5, 5.41) is 8.05. The van der Waals surface area contributed by atoms with Crippen LogP contribution in [-0.2, 0) is 4.79 Å². The largest absolute Gasteiger partial charge is 0.376 e. The Kier molecular flexibility index (Phi) is 5.60. The molecule has 21 heavy (non-hydrogen) atoms. The average molecular weight is 322 g/mol. The Morgan fingerprint density at radius 3 is 2.52 bits per heavy atom. The second-order valence-corrected chi connectivity index (χ2v) is 5.02. The monoisotopic (exact) mass is 321 g/mol. The van der Waals surface area contributed by atoms with Gasteiger partial charge in [0.25, 0.3) is 5.91 Å². The minimum Gasteiger partial charge on any atom is -0.376 e. The highest BCUT2D eigenvalue weighted by Crippen LogP contribution is 2.13. The molecule has 2 rings (SSSR count). The molecule has 2 aromatic carbocycles. The first-order valence-corrected chi connectivity index (χ1v) is 6.96. The van der Waals surface area contributed by atoms with Crippen LogP contribution in [0.15, 0.2) is 53.6 Å². The number of amides is 1. The fourth-order valence-electron chi connectivity index (χ4n) is 1.54. The van der Waals surface area contributed by atoms with Crippen molar-refractivity contribution in [3.8, 4) is 0 Å². The standard InChI is InChI=1S/C15H13Cl2N3O/c16-12-5-7-13(8-6-12)18-10-15(21)20-19-9-11-3-1-2-4-14(11)17/h1-9,18H,10H2,(H,20,21)/b19-9+. The lowest BCUT2D eigenvalue weighted by molar-refractivity contribution is -0.119. The summed E-state index contributed by atoms with van der Waals surface area (Å²) < 4.78 is 0. The van der Waals surface area contributed by atoms with Gasteiger partial charge >= 0.3 is 0 Å². The molecule has 0 aliphatic rings. The molecule has 2 aromatic rings. The lowest BCUT2D eigenvalue weighted by Crippen LogP contribution is -2.25. The zero-order chi connectivity index (χ0) is 15.1. The van der Waals surface area contributed by atoms with Crippen LogP contribution in [0.25, 0.3) is 0 Å². The number of halogens is 2. The second-order valence-electron chi connectivity index (χ2n) is 4.18. The molecule has 0 spiro atoms. The molecule has 6 heteroatoms. The van der Waals surface area contributed by atoms with Crippen molar-refractivity contribution < 1.29 is 4.79 Å². The highest BCUT2D eigenvalue weighted by molar-refractivity contribution is 6.33. The van der Waals surface area contributed by atoms with Crippen molar-refractivity contribution in [2.75, 3.05) is 11.9 Å². The molecule has 0 saturated heterocycles. The maximum absolute atomic E-state index is 11.6. The van der Waals surface area contributed by atoms with E-state index in [4.69, 9.17) is 23.2 Å². The number of carbonyl (C=O) groups excluding carboxylic acids is 1. The first-order chi connectivity index (χ1) is 10.1. The van der Waals surface area contributed by atoms with E-state index in [-0.39, 0.29) is 12.5 Å². The Morgan fingerprint density at radius 2 is 1.81 bits per heavy atom. The molecule has 0 atom stereocenters. The predicted octanol–water partition coefficient (Wildman–Crippen LogP) is 3.56. The fraction of sp³-hybridized carbons (Fsp3) is 0.0667. The number of carbonyl (C=O) groups is 1. The summed E-state index contributed by atoms with van der Waals surface area (Å²) in [4.78, 5) is 11.6. The van der Waals surface area contributed by atoms with Gasteiger partial charge in [-0.3, -0.25) is 4.79 Å². The Bertz CT molecular complexity index is 642. The molecule has 0 aromatic heterocycles. The van der Waals surface area contributed by atoms with Crippen LogP contribution in [0.3, 0.4) is 0 Å². The lowest BCUT2D eigenvalue weighted by atomic mass is 10.2. The molecular formula is C15H13Cl2N3O. The topological polar surface area (TPSA) is 53.5 Å². The molecule has 2 N–H and O–H groups in total. The Labute approximate surface area is 132 Å². The van der Waals surface area contributed by atoms with Crippen LogP contribution < -0.4 is 10.7 Å². The van der Waals surface area contributed by atoms with Gasteiger partial charge in [-0.2, -0.15) is 5.10 Å². The van der Waals surface area contributed by atoms with Crippen LogP contribution in [0.4, 0.5) is 5.69 Å². The molecule has 1 amide bonds. The highest BCUT2D eigenvalue weighted by atomic mass is 35.5. The average Bonchev–Trinajstić information content (AvgIpc) is 2.49. The number of nitrogens with one attached hydrogen (secondary N) is 2. The molecule has 0 saturated carbocycles. The number of hydrogen-bond donors (Lipinski definition) is 2. The lowest BCUT2D eigenvalue weighted by Gasteiger charge is -2.05. The molecule has 0 aliphatic heterocycles. The summed E-state index contributed by atoms with van der Waals surface area (Å²) in [5.41, 5.74) is 3.97. The summed E-state index contributed by atoms with van der Waals surface area (Å²) in [6.07, 6.45) is 1.50. The van der Waals surface area contributed by atoms with Crippen LogP contribution in [0, 0.1) is 0 Å². The van der Waals surface area contributed by atoms with Gasteiger partial charge in [-0.15, -0.1) is 0 Å². The normalized spacial score (nSPS) is 10.6. The quantitative estimate of drug-likeness (QED) is 0.653. The van der Waals surface area contributed by atoms with Gasteiger partial charge in [0.05, 0.1) is 12.8 Å². The van der Waals surface area contributed by atoms with Gasteiger partial charge in [-0.05, 0) is 30.3 Å². The number of nitrogens with zero attached hydrogens (tertiary/aromatic N) is 1. The third kappa shape index (κ3) is 5.10. The van der Waals surface area contributed by atoms with E-state index in [1.165, 1.54) is 6.21 Å². The third-order valence-corrected chi connectivity index (χ3v) is 3.19. The zero-order valence-corrected chi connectivity index (χ0v) is 12.5. The van der Waals surface area contributed by atoms with Gasteiger partial charge in [0.2, 0.25) is 0 Å². The fourth-order valence-corrected chi connectivity index (χ4v) is 1.85. The summed E-state index contributed by atoms with van der Waals surface area (Å²) in [7, 11) is 0. The molecular weight excluding hydrogens is 309 g/mol. The van der Waals surface area contributed by atoms with Crippen molar-refractivity contribution in [1.29, 1.82) is 0 Å². The SMILES string of the molecule is O=C(CNc1ccc(Cl)cc1)N/N=C/c1ccccc1Cl. The van der Waals surface area contributed by atoms with Crippen LogP contribution in [-0.4, -0.2) is 18.7 Å². The summed E-state index contributed by atoms with van der Waals surface area (Å²) in [6, 6.07) is 14.3. The molecule has 0 unspecified atom stereocenters. The van der Waals surface area contributed by atoms with E-state index in [2.05, 4.69) is 15.8 Å². The maximum atomic E-state index is 11.6. The van der Waals surface area contributed by atoms with Crippen LogP contribution >= 0.6 is 23.2 Å². The number of benzene rings is 2. The van der Waals surface area contributed by atoms with E-state index >= 15 is 0 Å². The molecule has 0 bridgehead atoms. The van der Waals surface area contributed by atoms with E-state index in [9.17, 15) is 4.79 Å². The molecule has 0 radical (unpaired) electrons. The number of anilines is 1. The van der Waals surface area contributed by atoms with Gasteiger partial charge < -0.3 is 5.32 Å². The van der Waals surface area contributed by atoms with Crippen LogP contribution in [0.1, 0.15) is 5.56 Å². The smallest absolute Gasteiger partial charge is 0.259 e. The summed E-state index contributed by atoms with van der Waals surface area (Å²) in [6.45, 7) is 0.113. The number of rotatable bonds is 5. The van der Waals surface area contributed by atoms with Crippen molar-refractivity contribution >= 4 is 41.0 Å². The van der Waals surface area contributed by atoms with Gasteiger partial charge in [0.1, 0.15) is 0 Å². The van der Waals surface area contributed by atoms with Crippen molar-refractivity contribution in [1.82, 2.24) is 5.43 Å². The highest BCUT2D eigenvalue weighted by Gasteiger charge is 2.00. The van der Waals surface area contributed by atoms with E-state index in [0.29, 0.717) is 10.0 Å². The van der Waals surface area contributed by atoms with Gasteiger partial charge in [-0.25, -0.2) is 5.43 Å². The number of hydrazone groups is 1.